The highest BCUT2D eigenvalue weighted by molar-refractivity contribution is 6.30. The maximum absolute atomic E-state index is 10.4. The minimum absolute atomic E-state index is 0.514. The summed E-state index contributed by atoms with van der Waals surface area (Å²) in [7, 11) is 0. The lowest BCUT2D eigenvalue weighted by atomic mass is 10.1. The van der Waals surface area contributed by atoms with Gasteiger partial charge in [-0.3, -0.25) is 0 Å². The number of aliphatic carboxylic acids is 1. The van der Waals surface area contributed by atoms with E-state index < -0.39 is 5.97 Å². The molecule has 0 unspecified atom stereocenters. The van der Waals surface area contributed by atoms with Gasteiger partial charge in [0.15, 0.2) is 0 Å². The van der Waals surface area contributed by atoms with Crippen molar-refractivity contribution in [1.29, 1.82) is 0 Å². The number of nitrogens with one attached hydrogen (secondary N) is 1. The van der Waals surface area contributed by atoms with E-state index in [0.717, 1.165) is 23.0 Å². The van der Waals surface area contributed by atoms with Gasteiger partial charge in [-0.2, -0.15) is 0 Å². The summed E-state index contributed by atoms with van der Waals surface area (Å²) in [5.74, 6) is -0.489. The second-order valence-corrected chi connectivity index (χ2v) is 4.21. The minimum atomic E-state index is -1.00. The van der Waals surface area contributed by atoms with Crippen LogP contribution >= 0.6 is 11.6 Å². The van der Waals surface area contributed by atoms with Gasteiger partial charge in [-0.05, 0) is 25.1 Å². The van der Waals surface area contributed by atoms with Crippen LogP contribution in [-0.4, -0.2) is 21.0 Å². The Morgan fingerprint density at radius 2 is 2.06 bits per heavy atom. The zero-order chi connectivity index (χ0) is 13.1. The summed E-state index contributed by atoms with van der Waals surface area (Å²) in [6, 6.07) is 7.32. The molecule has 5 heteroatoms. The van der Waals surface area contributed by atoms with Gasteiger partial charge in [0.05, 0.1) is 5.69 Å². The summed E-state index contributed by atoms with van der Waals surface area (Å²) in [5.41, 5.74) is 2.60. The molecule has 0 atom stereocenters. The predicted octanol–water partition coefficient (Wildman–Crippen LogP) is 3.14. The van der Waals surface area contributed by atoms with Crippen LogP contribution in [0.4, 0.5) is 0 Å². The van der Waals surface area contributed by atoms with Crippen molar-refractivity contribution < 1.29 is 9.90 Å². The van der Waals surface area contributed by atoms with Crippen LogP contribution in [0.15, 0.2) is 30.3 Å². The Morgan fingerprint density at radius 3 is 2.67 bits per heavy atom. The molecule has 2 rings (SSSR count). The fourth-order valence-electron chi connectivity index (χ4n) is 1.60. The number of benzene rings is 1. The zero-order valence-corrected chi connectivity index (χ0v) is 10.4. The Labute approximate surface area is 109 Å². The molecule has 0 saturated carbocycles. The summed E-state index contributed by atoms with van der Waals surface area (Å²) in [5, 5.41) is 9.22. The largest absolute Gasteiger partial charge is 0.478 e. The van der Waals surface area contributed by atoms with Crippen LogP contribution in [0.25, 0.3) is 17.3 Å². The highest BCUT2D eigenvalue weighted by atomic mass is 35.5. The van der Waals surface area contributed by atoms with Crippen LogP contribution in [0.2, 0.25) is 5.02 Å². The molecular formula is C13H11ClN2O2. The van der Waals surface area contributed by atoms with E-state index in [4.69, 9.17) is 16.7 Å². The van der Waals surface area contributed by atoms with Crippen molar-refractivity contribution in [3.63, 3.8) is 0 Å². The second-order valence-electron chi connectivity index (χ2n) is 3.77. The number of aromatic amines is 1. The van der Waals surface area contributed by atoms with Crippen molar-refractivity contribution in [2.45, 2.75) is 6.92 Å². The number of carboxylic acids is 1. The molecule has 0 bridgehead atoms. The van der Waals surface area contributed by atoms with Gasteiger partial charge in [0, 0.05) is 22.4 Å². The van der Waals surface area contributed by atoms with Gasteiger partial charge in [0.1, 0.15) is 5.82 Å². The van der Waals surface area contributed by atoms with E-state index in [2.05, 4.69) is 9.97 Å². The van der Waals surface area contributed by atoms with Crippen LogP contribution in [0.5, 0.6) is 0 Å². The number of carbonyl (C=O) groups is 1. The molecule has 92 valence electrons. The first-order valence-corrected chi connectivity index (χ1v) is 5.67. The van der Waals surface area contributed by atoms with E-state index in [1.165, 1.54) is 6.08 Å². The van der Waals surface area contributed by atoms with E-state index >= 15 is 0 Å². The Bertz CT molecular complexity index is 600. The number of hydrogen-bond acceptors (Lipinski definition) is 2. The molecule has 1 aromatic carbocycles. The lowest BCUT2D eigenvalue weighted by Gasteiger charge is -1.97. The smallest absolute Gasteiger partial charge is 0.328 e. The number of carboxylic acid groups (broad SMARTS) is 1. The average molecular weight is 263 g/mol. The van der Waals surface area contributed by atoms with Crippen LogP contribution in [0.3, 0.4) is 0 Å². The van der Waals surface area contributed by atoms with Gasteiger partial charge < -0.3 is 10.1 Å². The second kappa shape index (κ2) is 5.06. The van der Waals surface area contributed by atoms with Gasteiger partial charge in [-0.15, -0.1) is 0 Å². The molecule has 0 aliphatic rings. The molecule has 0 aliphatic carbocycles. The number of imidazole rings is 1. The maximum atomic E-state index is 10.4. The first kappa shape index (κ1) is 12.4. The van der Waals surface area contributed by atoms with Gasteiger partial charge in [0.2, 0.25) is 0 Å². The fraction of sp³-hybridized carbons (Fsp3) is 0.0769. The van der Waals surface area contributed by atoms with Crippen molar-refractivity contribution in [3.05, 3.63) is 46.9 Å². The minimum Gasteiger partial charge on any atom is -0.478 e. The molecule has 2 N–H and O–H groups in total. The molecule has 0 spiro atoms. The maximum Gasteiger partial charge on any atom is 0.328 e. The first-order chi connectivity index (χ1) is 8.56. The molecule has 0 aliphatic heterocycles. The normalized spacial score (nSPS) is 11.0. The number of nitrogens with zero attached hydrogens (tertiary/aromatic N) is 1. The predicted molar refractivity (Wildman–Crippen MR) is 70.4 cm³/mol. The monoisotopic (exact) mass is 262 g/mol. The summed E-state index contributed by atoms with van der Waals surface area (Å²) in [4.78, 5) is 17.8. The lowest BCUT2D eigenvalue weighted by molar-refractivity contribution is -0.131. The Hall–Kier alpha value is -2.07. The zero-order valence-electron chi connectivity index (χ0n) is 9.64. The molecule has 1 aromatic heterocycles. The van der Waals surface area contributed by atoms with Crippen LogP contribution in [0.1, 0.15) is 11.5 Å². The van der Waals surface area contributed by atoms with Crippen molar-refractivity contribution in [3.8, 4) is 11.3 Å². The SMILES string of the molecule is Cc1[nH]c(/C=C/C(=O)O)nc1-c1ccc(Cl)cc1. The quantitative estimate of drug-likeness (QED) is 0.835. The summed E-state index contributed by atoms with van der Waals surface area (Å²) < 4.78 is 0. The molecule has 0 saturated heterocycles. The van der Waals surface area contributed by atoms with E-state index in [9.17, 15) is 4.79 Å². The highest BCUT2D eigenvalue weighted by Crippen LogP contribution is 2.23. The number of hydrogen-bond donors (Lipinski definition) is 2. The van der Waals surface area contributed by atoms with Gasteiger partial charge >= 0.3 is 5.97 Å². The number of halogens is 1. The van der Waals surface area contributed by atoms with Crippen molar-refractivity contribution in [2.24, 2.45) is 0 Å². The number of rotatable bonds is 3. The van der Waals surface area contributed by atoms with Gasteiger partial charge in [0.25, 0.3) is 0 Å². The lowest BCUT2D eigenvalue weighted by Crippen LogP contribution is -1.86. The van der Waals surface area contributed by atoms with Gasteiger partial charge in [-0.1, -0.05) is 23.7 Å². The van der Waals surface area contributed by atoms with Gasteiger partial charge in [-0.25, -0.2) is 9.78 Å². The van der Waals surface area contributed by atoms with Crippen LogP contribution in [-0.2, 0) is 4.79 Å². The molecule has 18 heavy (non-hydrogen) atoms. The van der Waals surface area contributed by atoms with Crippen LogP contribution < -0.4 is 0 Å². The molecule has 2 aromatic rings. The molecule has 0 radical (unpaired) electrons. The molecule has 4 nitrogen and oxygen atoms in total. The first-order valence-electron chi connectivity index (χ1n) is 5.30. The van der Waals surface area contributed by atoms with E-state index in [1.54, 1.807) is 12.1 Å². The van der Waals surface area contributed by atoms with Crippen molar-refractivity contribution in [2.75, 3.05) is 0 Å². The Balaban J connectivity index is 2.34. The topological polar surface area (TPSA) is 66.0 Å². The van der Waals surface area contributed by atoms with Crippen LogP contribution in [0, 0.1) is 6.92 Å². The third-order valence-electron chi connectivity index (χ3n) is 2.40. The molecule has 1 heterocycles. The third-order valence-corrected chi connectivity index (χ3v) is 2.66. The van der Waals surface area contributed by atoms with Crippen molar-refractivity contribution >= 4 is 23.6 Å². The van der Waals surface area contributed by atoms with E-state index in [1.807, 2.05) is 19.1 Å². The standard InChI is InChI=1S/C13H11ClN2O2/c1-8-13(9-2-4-10(14)5-3-9)16-11(15-8)6-7-12(17)18/h2-7H,1H3,(H,15,16)(H,17,18)/b7-6+. The number of aryl methyl sites for hydroxylation is 1. The summed E-state index contributed by atoms with van der Waals surface area (Å²) in [6.45, 7) is 1.88. The van der Waals surface area contributed by atoms with Crippen molar-refractivity contribution in [1.82, 2.24) is 9.97 Å². The number of aromatic nitrogens is 2. The summed E-state index contributed by atoms with van der Waals surface area (Å²) >= 11 is 5.82. The summed E-state index contributed by atoms with van der Waals surface area (Å²) in [6.07, 6.45) is 2.47. The Kier molecular flexibility index (Phi) is 3.48. The average Bonchev–Trinajstić information content (AvgIpc) is 2.69. The Morgan fingerprint density at radius 1 is 1.39 bits per heavy atom. The fourth-order valence-corrected chi connectivity index (χ4v) is 1.73. The van der Waals surface area contributed by atoms with E-state index in [-0.39, 0.29) is 0 Å². The third kappa shape index (κ3) is 2.78. The molecular weight excluding hydrogens is 252 g/mol. The van der Waals surface area contributed by atoms with E-state index in [0.29, 0.717) is 10.8 Å². The number of H-pyrrole nitrogens is 1. The highest BCUT2D eigenvalue weighted by Gasteiger charge is 2.07. The molecule has 0 amide bonds. The molecule has 0 fully saturated rings.